The van der Waals surface area contributed by atoms with E-state index in [2.05, 4.69) is 4.98 Å². The summed E-state index contributed by atoms with van der Waals surface area (Å²) in [6, 6.07) is 9.39. The lowest BCUT2D eigenvalue weighted by Crippen LogP contribution is -2.39. The van der Waals surface area contributed by atoms with Crippen LogP contribution in [0, 0.1) is 6.92 Å². The first-order valence-corrected chi connectivity index (χ1v) is 6.62. The minimum absolute atomic E-state index is 0.103. The van der Waals surface area contributed by atoms with E-state index >= 15 is 0 Å². The number of rotatable bonds is 3. The third-order valence-electron chi connectivity index (χ3n) is 3.05. The molecule has 4 heteroatoms. The Hall–Kier alpha value is -1.94. The molecule has 0 unspecified atom stereocenters. The molecule has 1 aromatic heterocycles. The first-order chi connectivity index (χ1) is 9.28. The Morgan fingerprint density at radius 1 is 1.35 bits per heavy atom. The lowest BCUT2D eigenvalue weighted by Gasteiger charge is -2.26. The predicted octanol–water partition coefficient (Wildman–Crippen LogP) is 2.39. The molecule has 20 heavy (non-hydrogen) atoms. The van der Waals surface area contributed by atoms with Crippen molar-refractivity contribution in [3.8, 4) is 0 Å². The number of aliphatic hydroxyl groups is 1. The molecule has 0 aliphatic heterocycles. The van der Waals surface area contributed by atoms with E-state index in [0.717, 1.165) is 16.6 Å². The van der Waals surface area contributed by atoms with Crippen LogP contribution in [0.2, 0.25) is 0 Å². The van der Waals surface area contributed by atoms with Crippen LogP contribution in [0.4, 0.5) is 0 Å². The Bertz CT molecular complexity index is 644. The first-order valence-electron chi connectivity index (χ1n) is 6.62. The van der Waals surface area contributed by atoms with Gasteiger partial charge in [0.05, 0.1) is 16.7 Å². The summed E-state index contributed by atoms with van der Waals surface area (Å²) in [7, 11) is 1.70. The maximum absolute atomic E-state index is 12.6. The van der Waals surface area contributed by atoms with Gasteiger partial charge in [-0.05, 0) is 32.9 Å². The van der Waals surface area contributed by atoms with Gasteiger partial charge in [0.25, 0.3) is 5.91 Å². The van der Waals surface area contributed by atoms with Crippen LogP contribution in [0.1, 0.15) is 29.9 Å². The molecular weight excluding hydrogens is 252 g/mol. The summed E-state index contributed by atoms with van der Waals surface area (Å²) in [5, 5.41) is 10.7. The normalized spacial score (nSPS) is 11.7. The number of fused-ring (bicyclic) bond motifs is 1. The second-order valence-electron chi connectivity index (χ2n) is 5.80. The molecule has 0 atom stereocenters. The highest BCUT2D eigenvalue weighted by atomic mass is 16.3. The highest BCUT2D eigenvalue weighted by Gasteiger charge is 2.22. The van der Waals surface area contributed by atoms with Crippen LogP contribution in [0.25, 0.3) is 10.9 Å². The Labute approximate surface area is 119 Å². The van der Waals surface area contributed by atoms with Gasteiger partial charge in [-0.3, -0.25) is 9.78 Å². The van der Waals surface area contributed by atoms with Gasteiger partial charge in [0, 0.05) is 24.7 Å². The molecule has 1 heterocycles. The molecule has 1 aromatic carbocycles. The van der Waals surface area contributed by atoms with Crippen LogP contribution in [0.5, 0.6) is 0 Å². The van der Waals surface area contributed by atoms with Crippen molar-refractivity contribution in [2.45, 2.75) is 26.4 Å². The molecule has 0 radical (unpaired) electrons. The molecule has 106 valence electrons. The topological polar surface area (TPSA) is 53.4 Å². The molecule has 0 saturated carbocycles. The van der Waals surface area contributed by atoms with Crippen LogP contribution < -0.4 is 0 Å². The summed E-state index contributed by atoms with van der Waals surface area (Å²) in [5.41, 5.74) is 1.33. The quantitative estimate of drug-likeness (QED) is 0.933. The molecule has 1 N–H and O–H groups in total. The number of carbonyl (C=O) groups is 1. The van der Waals surface area contributed by atoms with Crippen molar-refractivity contribution in [1.82, 2.24) is 9.88 Å². The fourth-order valence-electron chi connectivity index (χ4n) is 2.34. The summed E-state index contributed by atoms with van der Waals surface area (Å²) < 4.78 is 0. The number of para-hydroxylation sites is 1. The predicted molar refractivity (Wildman–Crippen MR) is 79.7 cm³/mol. The van der Waals surface area contributed by atoms with Crippen LogP contribution in [0.15, 0.2) is 30.3 Å². The van der Waals surface area contributed by atoms with E-state index in [1.165, 1.54) is 0 Å². The van der Waals surface area contributed by atoms with E-state index < -0.39 is 5.60 Å². The van der Waals surface area contributed by atoms with Crippen LogP contribution >= 0.6 is 0 Å². The van der Waals surface area contributed by atoms with Gasteiger partial charge in [-0.15, -0.1) is 0 Å². The van der Waals surface area contributed by atoms with E-state index in [9.17, 15) is 9.90 Å². The van der Waals surface area contributed by atoms with Gasteiger partial charge in [0.2, 0.25) is 0 Å². The molecule has 4 nitrogen and oxygen atoms in total. The maximum Gasteiger partial charge on any atom is 0.254 e. The molecule has 0 aliphatic rings. The summed E-state index contributed by atoms with van der Waals surface area (Å²) in [6.45, 7) is 5.53. The van der Waals surface area contributed by atoms with Gasteiger partial charge in [-0.25, -0.2) is 0 Å². The fraction of sp³-hybridized carbons (Fsp3) is 0.375. The van der Waals surface area contributed by atoms with E-state index in [1.807, 2.05) is 31.2 Å². The number of aryl methyl sites for hydroxylation is 1. The Morgan fingerprint density at radius 2 is 2.00 bits per heavy atom. The molecule has 0 aliphatic carbocycles. The van der Waals surface area contributed by atoms with Crippen LogP contribution in [0.3, 0.4) is 0 Å². The van der Waals surface area contributed by atoms with Crippen molar-refractivity contribution in [3.63, 3.8) is 0 Å². The van der Waals surface area contributed by atoms with Gasteiger partial charge in [0.15, 0.2) is 0 Å². The third kappa shape index (κ3) is 3.14. The van der Waals surface area contributed by atoms with E-state index in [1.54, 1.807) is 31.9 Å². The molecule has 0 spiro atoms. The number of nitrogens with zero attached hydrogens (tertiary/aromatic N) is 2. The molecule has 0 saturated heterocycles. The van der Waals surface area contributed by atoms with Crippen molar-refractivity contribution >= 4 is 16.8 Å². The lowest BCUT2D eigenvalue weighted by atomic mass is 10.1. The zero-order valence-electron chi connectivity index (χ0n) is 12.3. The molecular formula is C16H20N2O2. The smallest absolute Gasteiger partial charge is 0.254 e. The number of amides is 1. The Morgan fingerprint density at radius 3 is 2.65 bits per heavy atom. The van der Waals surface area contributed by atoms with Crippen molar-refractivity contribution in [3.05, 3.63) is 41.6 Å². The number of hydrogen-bond acceptors (Lipinski definition) is 3. The van der Waals surface area contributed by atoms with Crippen molar-refractivity contribution in [2.24, 2.45) is 0 Å². The molecule has 2 rings (SSSR count). The summed E-state index contributed by atoms with van der Waals surface area (Å²) in [6.07, 6.45) is 0. The maximum atomic E-state index is 12.6. The zero-order valence-corrected chi connectivity index (χ0v) is 12.3. The molecule has 0 bridgehead atoms. The SMILES string of the molecule is Cc1cc(C(=O)N(C)CC(C)(C)O)c2ccccc2n1. The number of benzene rings is 1. The van der Waals surface area contributed by atoms with Crippen LogP contribution in [-0.4, -0.2) is 40.1 Å². The molecule has 2 aromatic rings. The zero-order chi connectivity index (χ0) is 14.9. The minimum atomic E-state index is -0.914. The highest BCUT2D eigenvalue weighted by Crippen LogP contribution is 2.20. The van der Waals surface area contributed by atoms with E-state index in [-0.39, 0.29) is 12.5 Å². The Balaban J connectivity index is 2.44. The first kappa shape index (κ1) is 14.5. The van der Waals surface area contributed by atoms with Gasteiger partial charge >= 0.3 is 0 Å². The number of likely N-dealkylation sites (N-methyl/N-ethyl adjacent to an activating group) is 1. The summed E-state index contributed by atoms with van der Waals surface area (Å²) in [4.78, 5) is 18.6. The average Bonchev–Trinajstić information content (AvgIpc) is 2.34. The second-order valence-corrected chi connectivity index (χ2v) is 5.80. The average molecular weight is 272 g/mol. The monoisotopic (exact) mass is 272 g/mol. The lowest BCUT2D eigenvalue weighted by molar-refractivity contribution is 0.0369. The molecule has 0 fully saturated rings. The summed E-state index contributed by atoms with van der Waals surface area (Å²) >= 11 is 0. The van der Waals surface area contributed by atoms with Crippen molar-refractivity contribution in [1.29, 1.82) is 0 Å². The van der Waals surface area contributed by atoms with Gasteiger partial charge < -0.3 is 10.0 Å². The molecule has 1 amide bonds. The fourth-order valence-corrected chi connectivity index (χ4v) is 2.34. The third-order valence-corrected chi connectivity index (χ3v) is 3.05. The van der Waals surface area contributed by atoms with Crippen molar-refractivity contribution < 1.29 is 9.90 Å². The number of carbonyl (C=O) groups excluding carboxylic acids is 1. The van der Waals surface area contributed by atoms with Gasteiger partial charge in [0.1, 0.15) is 0 Å². The van der Waals surface area contributed by atoms with Gasteiger partial charge in [-0.2, -0.15) is 0 Å². The Kier molecular flexibility index (Phi) is 3.77. The minimum Gasteiger partial charge on any atom is -0.389 e. The summed E-state index contributed by atoms with van der Waals surface area (Å²) in [5.74, 6) is -0.103. The standard InChI is InChI=1S/C16H20N2O2/c1-11-9-13(12-7-5-6-8-14(12)17-11)15(19)18(4)10-16(2,3)20/h5-9,20H,10H2,1-4H3. The van der Waals surface area contributed by atoms with Crippen LogP contribution in [-0.2, 0) is 0 Å². The van der Waals surface area contributed by atoms with Gasteiger partial charge in [-0.1, -0.05) is 18.2 Å². The van der Waals surface area contributed by atoms with Crippen molar-refractivity contribution in [2.75, 3.05) is 13.6 Å². The van der Waals surface area contributed by atoms with E-state index in [4.69, 9.17) is 0 Å². The van der Waals surface area contributed by atoms with E-state index in [0.29, 0.717) is 5.56 Å². The second kappa shape index (κ2) is 5.21. The number of hydrogen-bond donors (Lipinski definition) is 1. The number of aromatic nitrogens is 1. The highest BCUT2D eigenvalue weighted by molar-refractivity contribution is 6.06. The largest absolute Gasteiger partial charge is 0.389 e. The number of pyridine rings is 1.